The van der Waals surface area contributed by atoms with E-state index in [9.17, 15) is 5.11 Å². The monoisotopic (exact) mass is 241 g/mol. The minimum Gasteiger partial charge on any atom is -0.437 e. The third-order valence-electron chi connectivity index (χ3n) is 1.74. The number of aliphatic hydroxyl groups is 1. The summed E-state index contributed by atoms with van der Waals surface area (Å²) in [6, 6.07) is 5.59. The van der Waals surface area contributed by atoms with E-state index in [-0.39, 0.29) is 0 Å². The van der Waals surface area contributed by atoms with Crippen molar-refractivity contribution in [3.63, 3.8) is 0 Å². The van der Waals surface area contributed by atoms with Crippen molar-refractivity contribution in [1.29, 1.82) is 0 Å². The summed E-state index contributed by atoms with van der Waals surface area (Å²) >= 11 is 3.34. The Hall–Kier alpha value is -0.870. The van der Waals surface area contributed by atoms with Crippen LogP contribution < -0.4 is 0 Å². The van der Waals surface area contributed by atoms with Gasteiger partial charge in [-0.25, -0.2) is 4.98 Å². The molecule has 0 aliphatic heterocycles. The van der Waals surface area contributed by atoms with Crippen LogP contribution in [-0.4, -0.2) is 10.1 Å². The van der Waals surface area contributed by atoms with Gasteiger partial charge in [0.1, 0.15) is 11.6 Å². The number of hydrogen-bond acceptors (Lipinski definition) is 3. The maximum absolute atomic E-state index is 9.24. The van der Waals surface area contributed by atoms with E-state index in [1.54, 1.807) is 6.92 Å². The van der Waals surface area contributed by atoms with Crippen LogP contribution in [0.15, 0.2) is 27.1 Å². The predicted molar refractivity (Wildman–Crippen MR) is 52.3 cm³/mol. The van der Waals surface area contributed by atoms with Crippen LogP contribution in [0.3, 0.4) is 0 Å². The lowest BCUT2D eigenvalue weighted by atomic mass is 10.3. The Morgan fingerprint density at radius 2 is 2.31 bits per heavy atom. The second kappa shape index (κ2) is 3.12. The van der Waals surface area contributed by atoms with E-state index in [2.05, 4.69) is 20.9 Å². The molecule has 0 aliphatic rings. The number of rotatable bonds is 1. The third kappa shape index (κ3) is 1.47. The van der Waals surface area contributed by atoms with Crippen molar-refractivity contribution in [1.82, 2.24) is 4.98 Å². The van der Waals surface area contributed by atoms with E-state index in [0.717, 1.165) is 9.99 Å². The molecule has 0 bridgehead atoms. The molecule has 1 atom stereocenters. The first-order chi connectivity index (χ1) is 6.18. The van der Waals surface area contributed by atoms with E-state index < -0.39 is 6.10 Å². The molecular formula is C9H8BrNO2. The van der Waals surface area contributed by atoms with Crippen molar-refractivity contribution in [2.45, 2.75) is 13.0 Å². The van der Waals surface area contributed by atoms with Crippen molar-refractivity contribution in [2.75, 3.05) is 0 Å². The summed E-state index contributed by atoms with van der Waals surface area (Å²) in [4.78, 5) is 4.13. The van der Waals surface area contributed by atoms with Gasteiger partial charge in [0.2, 0.25) is 5.89 Å². The Morgan fingerprint density at radius 1 is 1.54 bits per heavy atom. The highest BCUT2D eigenvalue weighted by Crippen LogP contribution is 2.26. The van der Waals surface area contributed by atoms with Crippen LogP contribution in [0.25, 0.3) is 11.1 Å². The average Bonchev–Trinajstić information content (AvgIpc) is 2.49. The largest absolute Gasteiger partial charge is 0.437 e. The number of nitrogens with zero attached hydrogens (tertiary/aromatic N) is 1. The van der Waals surface area contributed by atoms with Gasteiger partial charge in [-0.05, 0) is 35.0 Å². The van der Waals surface area contributed by atoms with Crippen LogP contribution in [0.5, 0.6) is 0 Å². The zero-order valence-electron chi connectivity index (χ0n) is 6.99. The highest BCUT2D eigenvalue weighted by atomic mass is 79.9. The molecule has 3 nitrogen and oxygen atoms in total. The molecule has 0 radical (unpaired) electrons. The summed E-state index contributed by atoms with van der Waals surface area (Å²) in [5, 5.41) is 9.24. The SMILES string of the molecule is CC(O)c1nc2cccc(Br)c2o1. The van der Waals surface area contributed by atoms with E-state index in [1.165, 1.54) is 0 Å². The Bertz CT molecular complexity index is 436. The smallest absolute Gasteiger partial charge is 0.224 e. The second-order valence-corrected chi connectivity index (χ2v) is 3.67. The lowest BCUT2D eigenvalue weighted by Gasteiger charge is -1.93. The van der Waals surface area contributed by atoms with E-state index >= 15 is 0 Å². The molecule has 2 aromatic rings. The van der Waals surface area contributed by atoms with Gasteiger partial charge in [0.05, 0.1) is 4.47 Å². The molecular weight excluding hydrogens is 234 g/mol. The standard InChI is InChI=1S/C9H8BrNO2/c1-5(12)9-11-7-4-2-3-6(10)8(7)13-9/h2-5,12H,1H3. The van der Waals surface area contributed by atoms with Crippen LogP contribution in [0.1, 0.15) is 18.9 Å². The molecule has 0 amide bonds. The van der Waals surface area contributed by atoms with Crippen molar-refractivity contribution in [2.24, 2.45) is 0 Å². The van der Waals surface area contributed by atoms with Gasteiger partial charge in [0.25, 0.3) is 0 Å². The predicted octanol–water partition coefficient (Wildman–Crippen LogP) is 2.64. The molecule has 0 saturated heterocycles. The Balaban J connectivity index is 2.68. The van der Waals surface area contributed by atoms with Gasteiger partial charge in [-0.3, -0.25) is 0 Å². The van der Waals surface area contributed by atoms with Gasteiger partial charge in [-0.15, -0.1) is 0 Å². The maximum atomic E-state index is 9.24. The van der Waals surface area contributed by atoms with Gasteiger partial charge in [-0.1, -0.05) is 6.07 Å². The summed E-state index contributed by atoms with van der Waals surface area (Å²) in [7, 11) is 0. The van der Waals surface area contributed by atoms with Crippen molar-refractivity contribution in [3.8, 4) is 0 Å². The van der Waals surface area contributed by atoms with Crippen molar-refractivity contribution < 1.29 is 9.52 Å². The Kier molecular flexibility index (Phi) is 2.09. The van der Waals surface area contributed by atoms with E-state index in [0.29, 0.717) is 11.5 Å². The maximum Gasteiger partial charge on any atom is 0.224 e. The number of benzene rings is 1. The fourth-order valence-corrected chi connectivity index (χ4v) is 1.55. The topological polar surface area (TPSA) is 46.3 Å². The lowest BCUT2D eigenvalue weighted by molar-refractivity contribution is 0.165. The molecule has 0 saturated carbocycles. The zero-order valence-corrected chi connectivity index (χ0v) is 8.58. The number of fused-ring (bicyclic) bond motifs is 1. The number of oxazole rings is 1. The third-order valence-corrected chi connectivity index (χ3v) is 2.37. The summed E-state index contributed by atoms with van der Waals surface area (Å²) in [5.41, 5.74) is 1.43. The normalized spacial score (nSPS) is 13.5. The highest BCUT2D eigenvalue weighted by molar-refractivity contribution is 9.10. The molecule has 2 rings (SSSR count). The summed E-state index contributed by atoms with van der Waals surface area (Å²) < 4.78 is 6.20. The molecule has 0 spiro atoms. The molecule has 4 heteroatoms. The molecule has 68 valence electrons. The van der Waals surface area contributed by atoms with Gasteiger partial charge in [0.15, 0.2) is 5.58 Å². The molecule has 13 heavy (non-hydrogen) atoms. The van der Waals surface area contributed by atoms with Crippen molar-refractivity contribution in [3.05, 3.63) is 28.6 Å². The molecule has 0 fully saturated rings. The van der Waals surface area contributed by atoms with Crippen LogP contribution >= 0.6 is 15.9 Å². The zero-order chi connectivity index (χ0) is 9.42. The molecule has 1 N–H and O–H groups in total. The summed E-state index contributed by atoms with van der Waals surface area (Å²) in [6.07, 6.45) is -0.667. The minimum absolute atomic E-state index is 0.349. The first-order valence-electron chi connectivity index (χ1n) is 3.91. The van der Waals surface area contributed by atoms with Gasteiger partial charge in [-0.2, -0.15) is 0 Å². The van der Waals surface area contributed by atoms with Crippen molar-refractivity contribution >= 4 is 27.0 Å². The van der Waals surface area contributed by atoms with E-state index in [4.69, 9.17) is 4.42 Å². The number of aromatic nitrogens is 1. The van der Waals surface area contributed by atoms with Crippen LogP contribution in [0.4, 0.5) is 0 Å². The number of aliphatic hydroxyl groups excluding tert-OH is 1. The highest BCUT2D eigenvalue weighted by Gasteiger charge is 2.11. The molecule has 1 aromatic carbocycles. The van der Waals surface area contributed by atoms with E-state index in [1.807, 2.05) is 18.2 Å². The van der Waals surface area contributed by atoms with Gasteiger partial charge >= 0.3 is 0 Å². The first kappa shape index (κ1) is 8.72. The fraction of sp³-hybridized carbons (Fsp3) is 0.222. The minimum atomic E-state index is -0.667. The molecule has 1 unspecified atom stereocenters. The number of para-hydroxylation sites is 1. The van der Waals surface area contributed by atoms with Crippen LogP contribution in [0.2, 0.25) is 0 Å². The molecule has 0 aliphatic carbocycles. The lowest BCUT2D eigenvalue weighted by Crippen LogP contribution is -1.88. The fourth-order valence-electron chi connectivity index (χ4n) is 1.11. The summed E-state index contributed by atoms with van der Waals surface area (Å²) in [6.45, 7) is 1.62. The quantitative estimate of drug-likeness (QED) is 0.836. The molecule has 1 heterocycles. The average molecular weight is 242 g/mol. The Morgan fingerprint density at radius 3 is 2.92 bits per heavy atom. The number of halogens is 1. The second-order valence-electron chi connectivity index (χ2n) is 2.82. The van der Waals surface area contributed by atoms with Crippen LogP contribution in [-0.2, 0) is 0 Å². The van der Waals surface area contributed by atoms with Gasteiger partial charge in [0, 0.05) is 0 Å². The van der Waals surface area contributed by atoms with Crippen LogP contribution in [0, 0.1) is 0 Å². The Labute approximate surface area is 83.5 Å². The first-order valence-corrected chi connectivity index (χ1v) is 4.71. The number of hydrogen-bond donors (Lipinski definition) is 1. The van der Waals surface area contributed by atoms with Gasteiger partial charge < -0.3 is 9.52 Å². The summed E-state index contributed by atoms with van der Waals surface area (Å²) in [5.74, 6) is 0.349. The molecule has 1 aromatic heterocycles.